The van der Waals surface area contributed by atoms with Crippen molar-refractivity contribution in [3.05, 3.63) is 29.3 Å². The van der Waals surface area contributed by atoms with Crippen LogP contribution in [-0.2, 0) is 0 Å². The number of anilines is 1. The molecule has 0 aliphatic carbocycles. The number of hydrogen-bond donors (Lipinski definition) is 5. The van der Waals surface area contributed by atoms with Crippen molar-refractivity contribution in [2.75, 3.05) is 5.01 Å². The molecular weight excluding hydrogens is 242 g/mol. The molecule has 0 bridgehead atoms. The Bertz CT molecular complexity index is 495. The topological polar surface area (TPSA) is 168 Å². The molecule has 0 saturated carbocycles. The van der Waals surface area contributed by atoms with Crippen LogP contribution in [0.15, 0.2) is 23.3 Å². The van der Waals surface area contributed by atoms with Crippen LogP contribution in [0.2, 0.25) is 0 Å². The van der Waals surface area contributed by atoms with Gasteiger partial charge in [0.2, 0.25) is 5.96 Å². The van der Waals surface area contributed by atoms with Gasteiger partial charge in [0.05, 0.1) is 16.8 Å². The van der Waals surface area contributed by atoms with E-state index in [2.05, 4.69) is 5.10 Å². The number of benzene rings is 1. The van der Waals surface area contributed by atoms with Crippen LogP contribution in [0.1, 0.15) is 20.7 Å². The van der Waals surface area contributed by atoms with E-state index in [1.807, 2.05) is 0 Å². The van der Waals surface area contributed by atoms with Crippen LogP contribution in [0.3, 0.4) is 0 Å². The molecule has 0 fully saturated rings. The maximum atomic E-state index is 10.9. The number of hydrazone groups is 1. The molecule has 0 spiro atoms. The lowest BCUT2D eigenvalue weighted by atomic mass is 10.1. The van der Waals surface area contributed by atoms with Gasteiger partial charge < -0.3 is 21.8 Å². The van der Waals surface area contributed by atoms with Crippen molar-refractivity contribution in [2.24, 2.45) is 22.5 Å². The Morgan fingerprint density at radius 2 is 1.56 bits per heavy atom. The van der Waals surface area contributed by atoms with Gasteiger partial charge in [-0.3, -0.25) is 0 Å². The molecule has 1 aromatic carbocycles. The van der Waals surface area contributed by atoms with Crippen molar-refractivity contribution in [2.45, 2.75) is 0 Å². The Hall–Kier alpha value is -2.81. The van der Waals surface area contributed by atoms with E-state index in [0.29, 0.717) is 0 Å². The molecule has 1 aromatic rings. The van der Waals surface area contributed by atoms with Crippen molar-refractivity contribution in [1.29, 1.82) is 0 Å². The highest BCUT2D eigenvalue weighted by molar-refractivity contribution is 5.99. The Balaban J connectivity index is 3.36. The zero-order valence-corrected chi connectivity index (χ0v) is 9.07. The van der Waals surface area contributed by atoms with Crippen molar-refractivity contribution in [3.8, 4) is 0 Å². The first-order valence-electron chi connectivity index (χ1n) is 4.56. The van der Waals surface area contributed by atoms with Gasteiger partial charge >= 0.3 is 11.9 Å². The third-order valence-electron chi connectivity index (χ3n) is 2.07. The van der Waals surface area contributed by atoms with Crippen LogP contribution in [0, 0.1) is 0 Å². The zero-order valence-electron chi connectivity index (χ0n) is 9.07. The number of hydrazine groups is 1. The normalized spacial score (nSPS) is 11.1. The van der Waals surface area contributed by atoms with Gasteiger partial charge in [-0.05, 0) is 18.2 Å². The predicted molar refractivity (Wildman–Crippen MR) is 62.8 cm³/mol. The SMILES string of the molecule is N/N=C(/N)N(N)c1cc(C(=O)O)cc(C(=O)O)c1. The van der Waals surface area contributed by atoms with Gasteiger partial charge in [-0.15, -0.1) is 5.10 Å². The summed E-state index contributed by atoms with van der Waals surface area (Å²) in [5.74, 6) is 7.53. The molecule has 0 heterocycles. The molecule has 96 valence electrons. The number of nitrogens with two attached hydrogens (primary N) is 3. The van der Waals surface area contributed by atoms with E-state index < -0.39 is 11.9 Å². The van der Waals surface area contributed by atoms with Crippen LogP contribution in [-0.4, -0.2) is 28.1 Å². The first-order chi connectivity index (χ1) is 8.36. The van der Waals surface area contributed by atoms with Crippen molar-refractivity contribution in [1.82, 2.24) is 0 Å². The molecule has 0 aliphatic heterocycles. The van der Waals surface area contributed by atoms with Crippen molar-refractivity contribution >= 4 is 23.6 Å². The third-order valence-corrected chi connectivity index (χ3v) is 2.07. The van der Waals surface area contributed by atoms with Gasteiger partial charge in [-0.25, -0.2) is 20.4 Å². The number of carboxylic acids is 2. The second kappa shape index (κ2) is 5.01. The number of aromatic carboxylic acids is 2. The fourth-order valence-corrected chi connectivity index (χ4v) is 1.19. The summed E-state index contributed by atoms with van der Waals surface area (Å²) < 4.78 is 0. The maximum Gasteiger partial charge on any atom is 0.335 e. The molecule has 0 atom stereocenters. The quantitative estimate of drug-likeness (QED) is 0.197. The van der Waals surface area contributed by atoms with Crippen LogP contribution >= 0.6 is 0 Å². The van der Waals surface area contributed by atoms with E-state index in [1.165, 1.54) is 0 Å². The number of carboxylic acid groups (broad SMARTS) is 2. The molecule has 0 amide bonds. The number of guanidine groups is 1. The van der Waals surface area contributed by atoms with E-state index >= 15 is 0 Å². The standard InChI is InChI=1S/C9H11N5O4/c10-9(13-11)14(12)6-2-4(7(15)16)1-5(3-6)8(17)18/h1-3H,11-12H2,(H2,10,13)(H,15,16)(H,17,18). The van der Waals surface area contributed by atoms with Gasteiger partial charge in [-0.2, -0.15) is 0 Å². The van der Waals surface area contributed by atoms with Crippen LogP contribution < -0.4 is 22.4 Å². The zero-order chi connectivity index (χ0) is 13.9. The van der Waals surface area contributed by atoms with Gasteiger partial charge in [0.15, 0.2) is 0 Å². The highest BCUT2D eigenvalue weighted by atomic mass is 16.4. The summed E-state index contributed by atoms with van der Waals surface area (Å²) in [6.07, 6.45) is 0. The summed E-state index contributed by atoms with van der Waals surface area (Å²) in [4.78, 5) is 21.7. The largest absolute Gasteiger partial charge is 0.478 e. The van der Waals surface area contributed by atoms with E-state index in [9.17, 15) is 9.59 Å². The molecule has 0 unspecified atom stereocenters. The van der Waals surface area contributed by atoms with Crippen LogP contribution in [0.5, 0.6) is 0 Å². The van der Waals surface area contributed by atoms with E-state index in [1.54, 1.807) is 0 Å². The monoisotopic (exact) mass is 253 g/mol. The van der Waals surface area contributed by atoms with E-state index in [0.717, 1.165) is 23.2 Å². The summed E-state index contributed by atoms with van der Waals surface area (Å²) >= 11 is 0. The lowest BCUT2D eigenvalue weighted by Crippen LogP contribution is -2.43. The summed E-state index contributed by atoms with van der Waals surface area (Å²) in [6.45, 7) is 0. The minimum atomic E-state index is -1.30. The second-order valence-corrected chi connectivity index (χ2v) is 3.24. The summed E-state index contributed by atoms with van der Waals surface area (Å²) in [7, 11) is 0. The van der Waals surface area contributed by atoms with Gasteiger partial charge in [0.25, 0.3) is 0 Å². The molecule has 0 aliphatic rings. The molecular formula is C9H11N5O4. The van der Waals surface area contributed by atoms with Gasteiger partial charge in [-0.1, -0.05) is 0 Å². The lowest BCUT2D eigenvalue weighted by Gasteiger charge is -2.17. The second-order valence-electron chi connectivity index (χ2n) is 3.24. The summed E-state index contributed by atoms with van der Waals surface area (Å²) in [5, 5.41) is 21.6. The lowest BCUT2D eigenvalue weighted by molar-refractivity contribution is 0.0696. The first-order valence-corrected chi connectivity index (χ1v) is 4.56. The van der Waals surface area contributed by atoms with Gasteiger partial charge in [0, 0.05) is 0 Å². The Kier molecular flexibility index (Phi) is 3.69. The van der Waals surface area contributed by atoms with E-state index in [4.69, 9.17) is 27.6 Å². The number of carbonyl (C=O) groups is 2. The summed E-state index contributed by atoms with van der Waals surface area (Å²) in [6, 6.07) is 3.29. The molecule has 9 nitrogen and oxygen atoms in total. The average Bonchev–Trinajstić information content (AvgIpc) is 2.36. The molecule has 18 heavy (non-hydrogen) atoms. The van der Waals surface area contributed by atoms with Crippen molar-refractivity contribution < 1.29 is 19.8 Å². The number of rotatable bonds is 3. The highest BCUT2D eigenvalue weighted by Crippen LogP contribution is 2.17. The third kappa shape index (κ3) is 2.65. The molecule has 0 saturated heterocycles. The first kappa shape index (κ1) is 13.3. The maximum absolute atomic E-state index is 10.9. The Morgan fingerprint density at radius 1 is 1.11 bits per heavy atom. The van der Waals surface area contributed by atoms with Crippen molar-refractivity contribution in [3.63, 3.8) is 0 Å². The minimum Gasteiger partial charge on any atom is -0.478 e. The smallest absolute Gasteiger partial charge is 0.335 e. The molecule has 0 radical (unpaired) electrons. The Morgan fingerprint density at radius 3 is 1.89 bits per heavy atom. The minimum absolute atomic E-state index is 0.0407. The fourth-order valence-electron chi connectivity index (χ4n) is 1.19. The van der Waals surface area contributed by atoms with Gasteiger partial charge in [0.1, 0.15) is 0 Å². The molecule has 1 rings (SSSR count). The summed E-state index contributed by atoms with van der Waals surface area (Å²) in [5.41, 5.74) is 4.88. The number of nitrogens with zero attached hydrogens (tertiary/aromatic N) is 2. The molecule has 9 heteroatoms. The average molecular weight is 253 g/mol. The molecule has 8 N–H and O–H groups in total. The molecule has 0 aromatic heterocycles. The predicted octanol–water partition coefficient (Wildman–Crippen LogP) is -1.05. The number of hydrogen-bond acceptors (Lipinski definition) is 5. The fraction of sp³-hybridized carbons (Fsp3) is 0. The van der Waals surface area contributed by atoms with Crippen LogP contribution in [0.4, 0.5) is 5.69 Å². The van der Waals surface area contributed by atoms with Crippen LogP contribution in [0.25, 0.3) is 0 Å². The Labute approximate surface area is 101 Å². The highest BCUT2D eigenvalue weighted by Gasteiger charge is 2.15. The van der Waals surface area contributed by atoms with E-state index in [-0.39, 0.29) is 22.8 Å².